The largest absolute Gasteiger partial charge is 0.384 e. The lowest BCUT2D eigenvalue weighted by atomic mass is 10.2. The molecule has 0 aliphatic rings. The highest BCUT2D eigenvalue weighted by Crippen LogP contribution is 2.22. The standard InChI is InChI=1S/C11H11ClN4/c1-7-15-4-5-16(7)10-3-2-8(11(13)14)6-9(10)12/h2-6H,1H3,(H3,13,14). The monoisotopic (exact) mass is 234 g/mol. The molecule has 2 aromatic rings. The van der Waals surface area contributed by atoms with Gasteiger partial charge in [0.15, 0.2) is 0 Å². The van der Waals surface area contributed by atoms with Crippen LogP contribution in [0.1, 0.15) is 11.4 Å². The molecule has 1 heterocycles. The Morgan fingerprint density at radius 1 is 1.50 bits per heavy atom. The van der Waals surface area contributed by atoms with Gasteiger partial charge >= 0.3 is 0 Å². The van der Waals surface area contributed by atoms with Gasteiger partial charge in [-0.1, -0.05) is 11.6 Å². The minimum atomic E-state index is 0.0100. The first-order valence-electron chi connectivity index (χ1n) is 4.74. The minimum absolute atomic E-state index is 0.0100. The van der Waals surface area contributed by atoms with Crippen LogP contribution in [0.25, 0.3) is 5.69 Å². The SMILES string of the molecule is Cc1nccn1-c1ccc(C(=N)N)cc1Cl. The number of nitrogens with two attached hydrogens (primary N) is 1. The van der Waals surface area contributed by atoms with Crippen molar-refractivity contribution in [2.45, 2.75) is 6.92 Å². The summed E-state index contributed by atoms with van der Waals surface area (Å²) in [5, 5.41) is 7.87. The number of amidine groups is 1. The molecule has 0 unspecified atom stereocenters. The third-order valence-electron chi connectivity index (χ3n) is 2.34. The zero-order chi connectivity index (χ0) is 11.7. The fourth-order valence-electron chi connectivity index (χ4n) is 1.50. The van der Waals surface area contributed by atoms with Crippen molar-refractivity contribution in [3.05, 3.63) is 47.0 Å². The highest BCUT2D eigenvalue weighted by Gasteiger charge is 2.07. The molecule has 4 nitrogen and oxygen atoms in total. The summed E-state index contributed by atoms with van der Waals surface area (Å²) in [4.78, 5) is 4.13. The molecule has 3 N–H and O–H groups in total. The number of imidazole rings is 1. The predicted molar refractivity (Wildman–Crippen MR) is 64.3 cm³/mol. The van der Waals surface area contributed by atoms with Gasteiger partial charge in [-0.25, -0.2) is 4.98 Å². The molecular formula is C11H11ClN4. The highest BCUT2D eigenvalue weighted by molar-refractivity contribution is 6.32. The van der Waals surface area contributed by atoms with Crippen LogP contribution in [0, 0.1) is 12.3 Å². The van der Waals surface area contributed by atoms with Gasteiger partial charge in [0.2, 0.25) is 0 Å². The van der Waals surface area contributed by atoms with Crippen molar-refractivity contribution in [3.8, 4) is 5.69 Å². The fraction of sp³-hybridized carbons (Fsp3) is 0.0909. The van der Waals surface area contributed by atoms with Crippen LogP contribution >= 0.6 is 11.6 Å². The molecule has 1 aromatic heterocycles. The second-order valence-electron chi connectivity index (χ2n) is 3.42. The third-order valence-corrected chi connectivity index (χ3v) is 2.65. The van der Waals surface area contributed by atoms with Crippen molar-refractivity contribution in [2.75, 3.05) is 0 Å². The van der Waals surface area contributed by atoms with E-state index < -0.39 is 0 Å². The third kappa shape index (κ3) is 1.79. The van der Waals surface area contributed by atoms with E-state index in [4.69, 9.17) is 22.7 Å². The summed E-state index contributed by atoms with van der Waals surface area (Å²) in [6.07, 6.45) is 3.55. The van der Waals surface area contributed by atoms with E-state index in [0.717, 1.165) is 11.5 Å². The Hall–Kier alpha value is -1.81. The van der Waals surface area contributed by atoms with Gasteiger partial charge in [0.05, 0.1) is 10.7 Å². The van der Waals surface area contributed by atoms with Gasteiger partial charge < -0.3 is 10.3 Å². The van der Waals surface area contributed by atoms with Crippen LogP contribution in [0.5, 0.6) is 0 Å². The Kier molecular flexibility index (Phi) is 2.66. The minimum Gasteiger partial charge on any atom is -0.384 e. The lowest BCUT2D eigenvalue weighted by molar-refractivity contribution is 0.975. The molecule has 2 rings (SSSR count). The summed E-state index contributed by atoms with van der Waals surface area (Å²) < 4.78 is 1.88. The smallest absolute Gasteiger partial charge is 0.122 e. The van der Waals surface area contributed by atoms with Crippen molar-refractivity contribution in [1.29, 1.82) is 5.41 Å². The quantitative estimate of drug-likeness (QED) is 0.617. The van der Waals surface area contributed by atoms with Crippen LogP contribution in [-0.2, 0) is 0 Å². The Bertz CT molecular complexity index is 545. The molecule has 82 valence electrons. The number of hydrogen-bond donors (Lipinski definition) is 2. The number of nitrogens with zero attached hydrogens (tertiary/aromatic N) is 2. The van der Waals surface area contributed by atoms with Crippen molar-refractivity contribution in [2.24, 2.45) is 5.73 Å². The van der Waals surface area contributed by atoms with Gasteiger partial charge in [0.25, 0.3) is 0 Å². The van der Waals surface area contributed by atoms with Crippen molar-refractivity contribution in [3.63, 3.8) is 0 Å². The number of aromatic nitrogens is 2. The van der Waals surface area contributed by atoms with Crippen LogP contribution in [0.4, 0.5) is 0 Å². The summed E-state index contributed by atoms with van der Waals surface area (Å²) >= 11 is 6.14. The summed E-state index contributed by atoms with van der Waals surface area (Å²) in [5.74, 6) is 0.869. The number of benzene rings is 1. The average Bonchev–Trinajstić information content (AvgIpc) is 2.64. The molecule has 0 radical (unpaired) electrons. The van der Waals surface area contributed by atoms with Crippen molar-refractivity contribution < 1.29 is 0 Å². The fourth-order valence-corrected chi connectivity index (χ4v) is 1.77. The lowest BCUT2D eigenvalue weighted by Gasteiger charge is -2.08. The Morgan fingerprint density at radius 2 is 2.25 bits per heavy atom. The van der Waals surface area contributed by atoms with Gasteiger partial charge in [-0.15, -0.1) is 0 Å². The van der Waals surface area contributed by atoms with Crippen LogP contribution < -0.4 is 5.73 Å². The van der Waals surface area contributed by atoms with E-state index >= 15 is 0 Å². The second kappa shape index (κ2) is 3.98. The van der Waals surface area contributed by atoms with E-state index in [9.17, 15) is 0 Å². The molecule has 16 heavy (non-hydrogen) atoms. The first-order valence-corrected chi connectivity index (χ1v) is 5.11. The maximum absolute atomic E-state index is 7.32. The maximum Gasteiger partial charge on any atom is 0.122 e. The average molecular weight is 235 g/mol. The van der Waals surface area contributed by atoms with E-state index in [1.807, 2.05) is 23.8 Å². The van der Waals surface area contributed by atoms with Crippen LogP contribution in [0.2, 0.25) is 5.02 Å². The van der Waals surface area contributed by atoms with E-state index in [-0.39, 0.29) is 5.84 Å². The summed E-state index contributed by atoms with van der Waals surface area (Å²) in [6.45, 7) is 1.90. The molecule has 0 bridgehead atoms. The van der Waals surface area contributed by atoms with E-state index in [2.05, 4.69) is 4.98 Å². The van der Waals surface area contributed by atoms with Gasteiger partial charge in [-0.3, -0.25) is 5.41 Å². The molecule has 0 aliphatic heterocycles. The van der Waals surface area contributed by atoms with Gasteiger partial charge in [-0.2, -0.15) is 0 Å². The molecule has 5 heteroatoms. The topological polar surface area (TPSA) is 67.7 Å². The van der Waals surface area contributed by atoms with Gasteiger partial charge in [0.1, 0.15) is 11.7 Å². The molecule has 0 aliphatic carbocycles. The zero-order valence-electron chi connectivity index (χ0n) is 8.74. The number of aryl methyl sites for hydroxylation is 1. The molecule has 0 saturated carbocycles. The molecule has 0 fully saturated rings. The van der Waals surface area contributed by atoms with E-state index in [1.54, 1.807) is 18.3 Å². The molecular weight excluding hydrogens is 224 g/mol. The maximum atomic E-state index is 7.32. The Balaban J connectivity index is 2.52. The Labute approximate surface area is 98.2 Å². The molecule has 0 spiro atoms. The van der Waals surface area contributed by atoms with Crippen LogP contribution in [-0.4, -0.2) is 15.4 Å². The number of hydrogen-bond acceptors (Lipinski definition) is 2. The second-order valence-corrected chi connectivity index (χ2v) is 3.83. The molecule has 1 aromatic carbocycles. The summed E-state index contributed by atoms with van der Waals surface area (Å²) in [5.41, 5.74) is 6.84. The summed E-state index contributed by atoms with van der Waals surface area (Å²) in [6, 6.07) is 5.27. The number of nitrogens with one attached hydrogen (secondary N) is 1. The van der Waals surface area contributed by atoms with Crippen molar-refractivity contribution in [1.82, 2.24) is 9.55 Å². The number of nitrogen functional groups attached to an aromatic ring is 1. The first kappa shape index (κ1) is 10.7. The van der Waals surface area contributed by atoms with E-state index in [0.29, 0.717) is 10.6 Å². The van der Waals surface area contributed by atoms with Gasteiger partial charge in [-0.05, 0) is 25.1 Å². The number of halogens is 1. The first-order chi connectivity index (χ1) is 7.59. The molecule has 0 atom stereocenters. The summed E-state index contributed by atoms with van der Waals surface area (Å²) in [7, 11) is 0. The highest BCUT2D eigenvalue weighted by atomic mass is 35.5. The van der Waals surface area contributed by atoms with E-state index in [1.165, 1.54) is 0 Å². The number of rotatable bonds is 2. The molecule has 0 amide bonds. The normalized spacial score (nSPS) is 10.4. The van der Waals surface area contributed by atoms with Gasteiger partial charge in [0, 0.05) is 18.0 Å². The molecule has 0 saturated heterocycles. The van der Waals surface area contributed by atoms with Crippen LogP contribution in [0.3, 0.4) is 0 Å². The van der Waals surface area contributed by atoms with Crippen LogP contribution in [0.15, 0.2) is 30.6 Å². The predicted octanol–water partition coefficient (Wildman–Crippen LogP) is 2.12. The lowest BCUT2D eigenvalue weighted by Crippen LogP contribution is -2.11. The Morgan fingerprint density at radius 3 is 2.75 bits per heavy atom. The van der Waals surface area contributed by atoms with Crippen molar-refractivity contribution >= 4 is 17.4 Å². The zero-order valence-corrected chi connectivity index (χ0v) is 9.49.